The Bertz CT molecular complexity index is 647. The summed E-state index contributed by atoms with van der Waals surface area (Å²) in [4.78, 5) is 12.3. The molecule has 0 aliphatic heterocycles. The molecule has 0 aliphatic rings. The molecule has 0 unspecified atom stereocenters. The lowest BCUT2D eigenvalue weighted by molar-refractivity contribution is 0.0530. The molecule has 1 heterocycles. The van der Waals surface area contributed by atoms with Crippen LogP contribution < -0.4 is 10.9 Å². The van der Waals surface area contributed by atoms with E-state index < -0.39 is 0 Å². The normalized spacial score (nSPS) is 10.6. The Morgan fingerprint density at radius 3 is 2.77 bits per heavy atom. The molecule has 7 heteroatoms. The van der Waals surface area contributed by atoms with Crippen LogP contribution in [0.5, 0.6) is 0 Å². The lowest BCUT2D eigenvalue weighted by Crippen LogP contribution is -2.27. The monoisotopic (exact) mass is 341 g/mol. The van der Waals surface area contributed by atoms with Crippen molar-refractivity contribution in [2.75, 3.05) is 17.7 Å². The van der Waals surface area contributed by atoms with Crippen LogP contribution in [0.25, 0.3) is 0 Å². The van der Waals surface area contributed by atoms with Gasteiger partial charge in [-0.15, -0.1) is 11.6 Å². The topological polar surface area (TPSA) is 56.2 Å². The number of hydrogen-bond donors (Lipinski definition) is 1. The highest BCUT2D eigenvalue weighted by Crippen LogP contribution is 2.15. The Kier molecular flexibility index (Phi) is 6.71. The molecule has 1 N–H and O–H groups in total. The largest absolute Gasteiger partial charge is 0.379 e. The maximum Gasteiger partial charge on any atom is 0.293 e. The molecule has 0 bridgehead atoms. The molecule has 0 spiro atoms. The molecule has 0 atom stereocenters. The van der Waals surface area contributed by atoms with Crippen molar-refractivity contribution in [3.8, 4) is 0 Å². The maximum absolute atomic E-state index is 12.3. The summed E-state index contributed by atoms with van der Waals surface area (Å²) >= 11 is 11.6. The third-order valence-electron chi connectivity index (χ3n) is 2.93. The van der Waals surface area contributed by atoms with Gasteiger partial charge in [-0.05, 0) is 12.0 Å². The number of anilines is 1. The number of hydrogen-bond acceptors (Lipinski definition) is 4. The fourth-order valence-electron chi connectivity index (χ4n) is 1.82. The van der Waals surface area contributed by atoms with E-state index in [2.05, 4.69) is 10.4 Å². The molecule has 2 rings (SSSR count). The van der Waals surface area contributed by atoms with E-state index in [1.807, 2.05) is 30.3 Å². The van der Waals surface area contributed by atoms with E-state index in [9.17, 15) is 4.79 Å². The molecule has 0 fully saturated rings. The van der Waals surface area contributed by atoms with Gasteiger partial charge in [-0.3, -0.25) is 4.79 Å². The van der Waals surface area contributed by atoms with Crippen molar-refractivity contribution in [1.82, 2.24) is 9.78 Å². The van der Waals surface area contributed by atoms with Crippen molar-refractivity contribution in [2.45, 2.75) is 19.8 Å². The predicted octanol–water partition coefficient (Wildman–Crippen LogP) is 3.11. The van der Waals surface area contributed by atoms with Crippen LogP contribution in [-0.2, 0) is 18.1 Å². The van der Waals surface area contributed by atoms with Crippen LogP contribution >= 0.6 is 23.2 Å². The number of alkyl halides is 1. The summed E-state index contributed by atoms with van der Waals surface area (Å²) in [5.74, 6) is 0.518. The molecular weight excluding hydrogens is 325 g/mol. The van der Waals surface area contributed by atoms with Crippen LogP contribution in [0.3, 0.4) is 0 Å². The highest BCUT2D eigenvalue weighted by Gasteiger charge is 2.09. The van der Waals surface area contributed by atoms with Crippen molar-refractivity contribution >= 4 is 28.9 Å². The summed E-state index contributed by atoms with van der Waals surface area (Å²) in [6.07, 6.45) is 2.17. The van der Waals surface area contributed by atoms with Gasteiger partial charge in [-0.25, -0.2) is 4.68 Å². The molecular formula is C15H17Cl2N3O2. The molecule has 118 valence electrons. The van der Waals surface area contributed by atoms with Crippen LogP contribution in [0.4, 0.5) is 5.69 Å². The second-order valence-corrected chi connectivity index (χ2v) is 5.39. The van der Waals surface area contributed by atoms with Gasteiger partial charge < -0.3 is 10.1 Å². The van der Waals surface area contributed by atoms with Gasteiger partial charge in [0, 0.05) is 12.4 Å². The highest BCUT2D eigenvalue weighted by atomic mass is 35.5. The molecule has 2 aromatic rings. The van der Waals surface area contributed by atoms with Gasteiger partial charge in [0.25, 0.3) is 5.56 Å². The summed E-state index contributed by atoms with van der Waals surface area (Å²) in [5, 5.41) is 7.26. The molecule has 0 amide bonds. The van der Waals surface area contributed by atoms with Crippen LogP contribution in [0, 0.1) is 0 Å². The van der Waals surface area contributed by atoms with Crippen molar-refractivity contribution in [3.05, 3.63) is 57.5 Å². The SMILES string of the molecule is O=c1c(NCCCCl)c(Cl)cnn1COCc1ccccc1. The minimum Gasteiger partial charge on any atom is -0.379 e. The van der Waals surface area contributed by atoms with E-state index >= 15 is 0 Å². The predicted molar refractivity (Wildman–Crippen MR) is 88.6 cm³/mol. The Morgan fingerprint density at radius 2 is 2.05 bits per heavy atom. The average molecular weight is 342 g/mol. The number of halogens is 2. The number of benzene rings is 1. The quantitative estimate of drug-likeness (QED) is 0.592. The summed E-state index contributed by atoms with van der Waals surface area (Å²) < 4.78 is 6.75. The Labute approximate surface area is 138 Å². The first-order valence-electron chi connectivity index (χ1n) is 6.89. The van der Waals surface area contributed by atoms with Crippen molar-refractivity contribution in [3.63, 3.8) is 0 Å². The first-order chi connectivity index (χ1) is 10.7. The van der Waals surface area contributed by atoms with E-state index in [1.54, 1.807) is 0 Å². The van der Waals surface area contributed by atoms with Crippen LogP contribution in [-0.4, -0.2) is 22.2 Å². The summed E-state index contributed by atoms with van der Waals surface area (Å²) in [6, 6.07) is 9.72. The Morgan fingerprint density at radius 1 is 1.27 bits per heavy atom. The molecule has 22 heavy (non-hydrogen) atoms. The van der Waals surface area contributed by atoms with Gasteiger partial charge in [0.15, 0.2) is 0 Å². The maximum atomic E-state index is 12.3. The fourth-order valence-corrected chi connectivity index (χ4v) is 2.15. The van der Waals surface area contributed by atoms with Crippen molar-refractivity contribution < 1.29 is 4.74 Å². The van der Waals surface area contributed by atoms with Gasteiger partial charge in [0.1, 0.15) is 12.4 Å². The molecule has 0 aliphatic carbocycles. The molecule has 1 aromatic heterocycles. The number of nitrogens with zero attached hydrogens (tertiary/aromatic N) is 2. The number of nitrogens with one attached hydrogen (secondary N) is 1. The first kappa shape index (κ1) is 16.8. The van der Waals surface area contributed by atoms with Crippen molar-refractivity contribution in [1.29, 1.82) is 0 Å². The molecule has 1 aromatic carbocycles. The smallest absolute Gasteiger partial charge is 0.293 e. The molecule has 0 radical (unpaired) electrons. The first-order valence-corrected chi connectivity index (χ1v) is 7.80. The third-order valence-corrected chi connectivity index (χ3v) is 3.49. The highest BCUT2D eigenvalue weighted by molar-refractivity contribution is 6.33. The van der Waals surface area contributed by atoms with Gasteiger partial charge in [0.2, 0.25) is 0 Å². The van der Waals surface area contributed by atoms with Crippen LogP contribution in [0.15, 0.2) is 41.3 Å². The second-order valence-electron chi connectivity index (χ2n) is 4.60. The van der Waals surface area contributed by atoms with E-state index in [-0.39, 0.29) is 12.3 Å². The summed E-state index contributed by atoms with van der Waals surface area (Å²) in [5.41, 5.74) is 1.05. The molecule has 0 saturated carbocycles. The molecule has 5 nitrogen and oxygen atoms in total. The average Bonchev–Trinajstić information content (AvgIpc) is 2.54. The van der Waals surface area contributed by atoms with Gasteiger partial charge in [-0.1, -0.05) is 41.9 Å². The van der Waals surface area contributed by atoms with Crippen LogP contribution in [0.1, 0.15) is 12.0 Å². The standard InChI is InChI=1S/C15H17Cl2N3O2/c16-7-4-8-18-14-13(17)9-19-20(15(14)21)11-22-10-12-5-2-1-3-6-12/h1-3,5-6,9,18H,4,7-8,10-11H2. The van der Waals surface area contributed by atoms with Crippen LogP contribution in [0.2, 0.25) is 5.02 Å². The third kappa shape index (κ3) is 4.73. The Hall–Kier alpha value is -1.56. The lowest BCUT2D eigenvalue weighted by atomic mass is 10.2. The lowest BCUT2D eigenvalue weighted by Gasteiger charge is -2.10. The summed E-state index contributed by atoms with van der Waals surface area (Å²) in [7, 11) is 0. The van der Waals surface area contributed by atoms with E-state index in [1.165, 1.54) is 10.9 Å². The number of rotatable bonds is 8. The van der Waals surface area contributed by atoms with E-state index in [4.69, 9.17) is 27.9 Å². The van der Waals surface area contributed by atoms with Gasteiger partial charge in [0.05, 0.1) is 17.8 Å². The van der Waals surface area contributed by atoms with Gasteiger partial charge >= 0.3 is 0 Å². The number of ether oxygens (including phenoxy) is 1. The zero-order valence-corrected chi connectivity index (χ0v) is 13.5. The van der Waals surface area contributed by atoms with E-state index in [0.717, 1.165) is 12.0 Å². The summed E-state index contributed by atoms with van der Waals surface area (Å²) in [6.45, 7) is 1.05. The minimum absolute atomic E-state index is 0.0646. The fraction of sp³-hybridized carbons (Fsp3) is 0.333. The van der Waals surface area contributed by atoms with Gasteiger partial charge in [-0.2, -0.15) is 5.10 Å². The van der Waals surface area contributed by atoms with Crippen molar-refractivity contribution in [2.24, 2.45) is 0 Å². The van der Waals surface area contributed by atoms with E-state index in [0.29, 0.717) is 29.7 Å². The molecule has 0 saturated heterocycles. The second kappa shape index (κ2) is 8.78. The number of aromatic nitrogens is 2. The minimum atomic E-state index is -0.310. The zero-order chi connectivity index (χ0) is 15.8. The zero-order valence-electron chi connectivity index (χ0n) is 12.0. The Balaban J connectivity index is 1.99.